The van der Waals surface area contributed by atoms with Gasteiger partial charge in [0.05, 0.1) is 3.79 Å². The van der Waals surface area contributed by atoms with Crippen LogP contribution in [0, 0.1) is 11.8 Å². The Hall–Kier alpha value is 0.1000. The van der Waals surface area contributed by atoms with E-state index >= 15 is 0 Å². The number of halogens is 1. The fraction of sp³-hybridized carbons (Fsp3) is 0.692. The summed E-state index contributed by atoms with van der Waals surface area (Å²) in [6.07, 6.45) is 1.13. The number of rotatable bonds is 7. The molecule has 0 saturated heterocycles. The van der Waals surface area contributed by atoms with Crippen LogP contribution in [-0.2, 0) is 6.42 Å². The Morgan fingerprint density at radius 1 is 1.41 bits per heavy atom. The zero-order valence-corrected chi connectivity index (χ0v) is 13.4. The molecule has 2 N–H and O–H groups in total. The summed E-state index contributed by atoms with van der Waals surface area (Å²) in [5.41, 5.74) is 5.80. The molecule has 1 heterocycles. The molecule has 1 unspecified atom stereocenters. The lowest BCUT2D eigenvalue weighted by molar-refractivity contribution is 0.243. The summed E-state index contributed by atoms with van der Waals surface area (Å²) in [7, 11) is 2.19. The maximum absolute atomic E-state index is 5.80. The van der Waals surface area contributed by atoms with Crippen LogP contribution >= 0.6 is 27.3 Å². The molecule has 2 nitrogen and oxygen atoms in total. The van der Waals surface area contributed by atoms with Gasteiger partial charge in [-0.25, -0.2) is 0 Å². The van der Waals surface area contributed by atoms with Crippen molar-refractivity contribution in [1.29, 1.82) is 0 Å². The fourth-order valence-corrected chi connectivity index (χ4v) is 3.31. The molecule has 0 aromatic carbocycles. The van der Waals surface area contributed by atoms with Crippen LogP contribution in [0.5, 0.6) is 0 Å². The Labute approximate surface area is 117 Å². The van der Waals surface area contributed by atoms with Gasteiger partial charge in [0.2, 0.25) is 0 Å². The van der Waals surface area contributed by atoms with Gasteiger partial charge < -0.3 is 10.6 Å². The van der Waals surface area contributed by atoms with E-state index in [1.54, 1.807) is 0 Å². The molecule has 0 fully saturated rings. The van der Waals surface area contributed by atoms with Crippen molar-refractivity contribution in [2.75, 3.05) is 26.7 Å². The smallest absolute Gasteiger partial charge is 0.0701 e. The van der Waals surface area contributed by atoms with Gasteiger partial charge in [-0.1, -0.05) is 13.8 Å². The lowest BCUT2D eigenvalue weighted by Crippen LogP contribution is -2.34. The minimum Gasteiger partial charge on any atom is -0.330 e. The van der Waals surface area contributed by atoms with E-state index in [1.165, 1.54) is 8.66 Å². The molecular weight excluding hydrogens is 296 g/mol. The minimum absolute atomic E-state index is 0.607. The van der Waals surface area contributed by atoms with Crippen LogP contribution in [0.15, 0.2) is 15.9 Å². The van der Waals surface area contributed by atoms with E-state index in [0.717, 1.165) is 26.1 Å². The van der Waals surface area contributed by atoms with Gasteiger partial charge in [0.15, 0.2) is 0 Å². The predicted molar refractivity (Wildman–Crippen MR) is 80.6 cm³/mol. The molecule has 1 aromatic rings. The zero-order valence-electron chi connectivity index (χ0n) is 10.9. The number of hydrogen-bond donors (Lipinski definition) is 1. The van der Waals surface area contributed by atoms with Crippen molar-refractivity contribution < 1.29 is 0 Å². The lowest BCUT2D eigenvalue weighted by atomic mass is 9.95. The highest BCUT2D eigenvalue weighted by Crippen LogP contribution is 2.22. The first-order valence-electron chi connectivity index (χ1n) is 6.15. The molecule has 0 bridgehead atoms. The van der Waals surface area contributed by atoms with Crippen LogP contribution < -0.4 is 5.73 Å². The van der Waals surface area contributed by atoms with E-state index in [0.29, 0.717) is 11.8 Å². The highest BCUT2D eigenvalue weighted by Gasteiger charge is 2.13. The second kappa shape index (κ2) is 7.52. The number of nitrogens with two attached hydrogens (primary N) is 1. The zero-order chi connectivity index (χ0) is 12.8. The Bertz CT molecular complexity index is 325. The summed E-state index contributed by atoms with van der Waals surface area (Å²) >= 11 is 5.32. The van der Waals surface area contributed by atoms with Crippen molar-refractivity contribution in [3.8, 4) is 0 Å². The Morgan fingerprint density at radius 2 is 2.12 bits per heavy atom. The number of hydrogen-bond acceptors (Lipinski definition) is 3. The summed E-state index contributed by atoms with van der Waals surface area (Å²) in [6, 6.07) is 4.32. The topological polar surface area (TPSA) is 29.3 Å². The first-order chi connectivity index (χ1) is 8.02. The molecule has 0 radical (unpaired) electrons. The summed E-state index contributed by atoms with van der Waals surface area (Å²) in [6.45, 7) is 7.49. The van der Waals surface area contributed by atoms with Gasteiger partial charge in [0.1, 0.15) is 0 Å². The SMILES string of the molecule is CC(C)C(CN)CN(C)CCc1ccc(Br)s1. The second-order valence-corrected chi connectivity index (χ2v) is 7.51. The summed E-state index contributed by atoms with van der Waals surface area (Å²) in [5, 5.41) is 0. The molecule has 0 saturated carbocycles. The normalized spacial score (nSPS) is 13.6. The van der Waals surface area contributed by atoms with Gasteiger partial charge in [0.25, 0.3) is 0 Å². The highest BCUT2D eigenvalue weighted by atomic mass is 79.9. The first-order valence-corrected chi connectivity index (χ1v) is 7.76. The Kier molecular flexibility index (Phi) is 6.70. The summed E-state index contributed by atoms with van der Waals surface area (Å²) in [4.78, 5) is 3.84. The minimum atomic E-state index is 0.607. The van der Waals surface area contributed by atoms with E-state index in [1.807, 2.05) is 11.3 Å². The molecule has 0 aliphatic heterocycles. The van der Waals surface area contributed by atoms with Crippen LogP contribution in [0.3, 0.4) is 0 Å². The molecular formula is C13H23BrN2S. The predicted octanol–water partition coefficient (Wildman–Crippen LogP) is 3.22. The third-order valence-electron chi connectivity index (χ3n) is 3.16. The van der Waals surface area contributed by atoms with E-state index in [9.17, 15) is 0 Å². The summed E-state index contributed by atoms with van der Waals surface area (Å²) in [5.74, 6) is 1.27. The maximum Gasteiger partial charge on any atom is 0.0701 e. The van der Waals surface area contributed by atoms with Crippen LogP contribution in [0.2, 0.25) is 0 Å². The van der Waals surface area contributed by atoms with Gasteiger partial charge in [-0.3, -0.25) is 0 Å². The number of likely N-dealkylation sites (N-methyl/N-ethyl adjacent to an activating group) is 1. The van der Waals surface area contributed by atoms with Gasteiger partial charge in [0, 0.05) is 18.0 Å². The third-order valence-corrected chi connectivity index (χ3v) is 4.84. The van der Waals surface area contributed by atoms with Crippen molar-refractivity contribution in [2.45, 2.75) is 20.3 Å². The molecule has 1 atom stereocenters. The molecule has 0 amide bonds. The van der Waals surface area contributed by atoms with Crippen molar-refractivity contribution in [1.82, 2.24) is 4.90 Å². The van der Waals surface area contributed by atoms with Gasteiger partial charge in [-0.05, 0) is 59.9 Å². The molecule has 0 aliphatic rings. The van der Waals surface area contributed by atoms with E-state index < -0.39 is 0 Å². The van der Waals surface area contributed by atoms with Crippen LogP contribution in [0.1, 0.15) is 18.7 Å². The monoisotopic (exact) mass is 318 g/mol. The molecule has 4 heteroatoms. The van der Waals surface area contributed by atoms with Crippen LogP contribution in [0.4, 0.5) is 0 Å². The van der Waals surface area contributed by atoms with E-state index in [-0.39, 0.29) is 0 Å². The highest BCUT2D eigenvalue weighted by molar-refractivity contribution is 9.11. The molecule has 0 spiro atoms. The maximum atomic E-state index is 5.80. The average molecular weight is 319 g/mol. The van der Waals surface area contributed by atoms with Crippen molar-refractivity contribution in [3.63, 3.8) is 0 Å². The summed E-state index contributed by atoms with van der Waals surface area (Å²) < 4.78 is 1.22. The average Bonchev–Trinajstić information content (AvgIpc) is 2.68. The van der Waals surface area contributed by atoms with Crippen molar-refractivity contribution in [2.24, 2.45) is 17.6 Å². The van der Waals surface area contributed by atoms with Crippen LogP contribution in [0.25, 0.3) is 0 Å². The fourth-order valence-electron chi connectivity index (χ4n) is 1.84. The van der Waals surface area contributed by atoms with Crippen molar-refractivity contribution >= 4 is 27.3 Å². The second-order valence-electron chi connectivity index (χ2n) is 4.96. The van der Waals surface area contributed by atoms with Crippen molar-refractivity contribution in [3.05, 3.63) is 20.8 Å². The van der Waals surface area contributed by atoms with Gasteiger partial charge >= 0.3 is 0 Å². The Balaban J connectivity index is 2.31. The first kappa shape index (κ1) is 15.2. The third kappa shape index (κ3) is 5.51. The largest absolute Gasteiger partial charge is 0.330 e. The molecule has 1 rings (SSSR count). The van der Waals surface area contributed by atoms with E-state index in [4.69, 9.17) is 5.73 Å². The Morgan fingerprint density at radius 3 is 2.59 bits per heavy atom. The number of thiophene rings is 1. The molecule has 0 aliphatic carbocycles. The standard InChI is InChI=1S/C13H23BrN2S/c1-10(2)11(8-15)9-16(3)7-6-12-4-5-13(14)17-12/h4-5,10-11H,6-9,15H2,1-3H3. The molecule has 17 heavy (non-hydrogen) atoms. The molecule has 1 aromatic heterocycles. The quantitative estimate of drug-likeness (QED) is 0.836. The van der Waals surface area contributed by atoms with Gasteiger partial charge in [-0.2, -0.15) is 0 Å². The van der Waals surface area contributed by atoms with E-state index in [2.05, 4.69) is 53.9 Å². The molecule has 98 valence electrons. The van der Waals surface area contributed by atoms with Crippen LogP contribution in [-0.4, -0.2) is 31.6 Å². The van der Waals surface area contributed by atoms with Gasteiger partial charge in [-0.15, -0.1) is 11.3 Å². The number of nitrogens with zero attached hydrogens (tertiary/aromatic N) is 1. The lowest BCUT2D eigenvalue weighted by Gasteiger charge is -2.25.